The van der Waals surface area contributed by atoms with Crippen LogP contribution in [0, 0.1) is 10.1 Å². The van der Waals surface area contributed by atoms with Crippen LogP contribution in [-0.2, 0) is 0 Å². The molecule has 0 spiro atoms. The van der Waals surface area contributed by atoms with Crippen molar-refractivity contribution in [1.82, 2.24) is 4.98 Å². The number of pyridine rings is 1. The van der Waals surface area contributed by atoms with E-state index < -0.39 is 4.92 Å². The molecule has 0 aliphatic rings. The van der Waals surface area contributed by atoms with Crippen molar-refractivity contribution < 1.29 is 14.5 Å². The molecule has 6 heteroatoms. The van der Waals surface area contributed by atoms with Gasteiger partial charge < -0.3 is 4.74 Å². The fraction of sp³-hybridized carbons (Fsp3) is 0.0588. The number of ketones is 1. The van der Waals surface area contributed by atoms with Gasteiger partial charge in [0, 0.05) is 29.4 Å². The van der Waals surface area contributed by atoms with E-state index in [9.17, 15) is 14.9 Å². The van der Waals surface area contributed by atoms with Gasteiger partial charge in [0.2, 0.25) is 0 Å². The molecule has 0 bridgehead atoms. The molecule has 1 heterocycles. The first kappa shape index (κ1) is 14.6. The summed E-state index contributed by atoms with van der Waals surface area (Å²) in [5.74, 6) is 0.895. The van der Waals surface area contributed by atoms with E-state index in [1.807, 2.05) is 0 Å². The molecule has 0 unspecified atom stereocenters. The molecule has 0 atom stereocenters. The van der Waals surface area contributed by atoms with Crippen molar-refractivity contribution in [2.45, 2.75) is 6.92 Å². The number of aromatic nitrogens is 1. The van der Waals surface area contributed by atoms with Crippen molar-refractivity contribution in [2.75, 3.05) is 0 Å². The Bertz CT molecular complexity index is 921. The molecule has 0 fully saturated rings. The minimum Gasteiger partial charge on any atom is -0.457 e. The number of nitro groups is 1. The molecule has 23 heavy (non-hydrogen) atoms. The third-order valence-electron chi connectivity index (χ3n) is 3.42. The molecule has 0 N–H and O–H groups in total. The number of fused-ring (bicyclic) bond motifs is 1. The van der Waals surface area contributed by atoms with Gasteiger partial charge in [-0.3, -0.25) is 19.9 Å². The average molecular weight is 308 g/mol. The van der Waals surface area contributed by atoms with Crippen LogP contribution in [0.2, 0.25) is 0 Å². The van der Waals surface area contributed by atoms with Crippen molar-refractivity contribution in [3.63, 3.8) is 0 Å². The lowest BCUT2D eigenvalue weighted by Gasteiger charge is -2.09. The number of carbonyl (C=O) groups excluding carboxylic acids is 1. The summed E-state index contributed by atoms with van der Waals surface area (Å²) in [4.78, 5) is 26.0. The van der Waals surface area contributed by atoms with E-state index in [1.165, 1.54) is 19.2 Å². The summed E-state index contributed by atoms with van der Waals surface area (Å²) in [5.41, 5.74) is 0.508. The van der Waals surface area contributed by atoms with Crippen molar-refractivity contribution in [3.8, 4) is 11.5 Å². The van der Waals surface area contributed by atoms with Crippen molar-refractivity contribution >= 4 is 22.2 Å². The minimum atomic E-state index is -0.454. The van der Waals surface area contributed by atoms with Gasteiger partial charge in [0.1, 0.15) is 11.5 Å². The molecule has 114 valence electrons. The quantitative estimate of drug-likeness (QED) is 0.411. The first-order valence-electron chi connectivity index (χ1n) is 6.86. The van der Waals surface area contributed by atoms with Gasteiger partial charge >= 0.3 is 0 Å². The van der Waals surface area contributed by atoms with Gasteiger partial charge in [0.15, 0.2) is 5.78 Å². The van der Waals surface area contributed by atoms with Crippen LogP contribution in [0.3, 0.4) is 0 Å². The molecule has 0 aliphatic heterocycles. The lowest BCUT2D eigenvalue weighted by atomic mass is 10.1. The molecule has 0 radical (unpaired) electrons. The van der Waals surface area contributed by atoms with Gasteiger partial charge in [-0.15, -0.1) is 0 Å². The number of carbonyl (C=O) groups is 1. The molecule has 0 saturated heterocycles. The number of rotatable bonds is 4. The molecule has 0 amide bonds. The second-order valence-electron chi connectivity index (χ2n) is 4.95. The maximum Gasteiger partial charge on any atom is 0.279 e. The number of nitro benzene ring substituents is 1. The number of hydrogen-bond acceptors (Lipinski definition) is 5. The lowest BCUT2D eigenvalue weighted by molar-refractivity contribution is -0.383. The van der Waals surface area contributed by atoms with Crippen LogP contribution < -0.4 is 4.74 Å². The molecule has 3 rings (SSSR count). The molecule has 3 aromatic rings. The molecular formula is C17H12N2O4. The summed E-state index contributed by atoms with van der Waals surface area (Å²) in [6.45, 7) is 1.48. The van der Waals surface area contributed by atoms with Crippen molar-refractivity contribution in [3.05, 3.63) is 70.5 Å². The fourth-order valence-corrected chi connectivity index (χ4v) is 2.30. The highest BCUT2D eigenvalue weighted by Gasteiger charge is 2.15. The Morgan fingerprint density at radius 3 is 2.74 bits per heavy atom. The molecular weight excluding hydrogens is 296 g/mol. The van der Waals surface area contributed by atoms with E-state index >= 15 is 0 Å². The number of benzene rings is 2. The second kappa shape index (κ2) is 5.84. The van der Waals surface area contributed by atoms with Crippen molar-refractivity contribution in [1.29, 1.82) is 0 Å². The predicted octanol–water partition coefficient (Wildman–Crippen LogP) is 4.14. The van der Waals surface area contributed by atoms with E-state index in [-0.39, 0.29) is 11.5 Å². The number of hydrogen-bond donors (Lipinski definition) is 0. The van der Waals surface area contributed by atoms with Gasteiger partial charge in [-0.25, -0.2) is 0 Å². The summed E-state index contributed by atoms with van der Waals surface area (Å²) >= 11 is 0. The van der Waals surface area contributed by atoms with Crippen LogP contribution in [0.1, 0.15) is 17.3 Å². The monoisotopic (exact) mass is 308 g/mol. The zero-order valence-corrected chi connectivity index (χ0v) is 12.2. The summed E-state index contributed by atoms with van der Waals surface area (Å²) in [5, 5.41) is 12.1. The maximum atomic E-state index is 11.4. The highest BCUT2D eigenvalue weighted by Crippen LogP contribution is 2.34. The Labute approximate surface area is 131 Å². The average Bonchev–Trinajstić information content (AvgIpc) is 2.55. The van der Waals surface area contributed by atoms with Crippen LogP contribution in [0.15, 0.2) is 54.9 Å². The minimum absolute atomic E-state index is 0.0297. The third-order valence-corrected chi connectivity index (χ3v) is 3.42. The SMILES string of the molecule is CC(=O)c1cccc(Oc2ccc([N+](=O)[O-])c3cnccc23)c1. The van der Waals surface area contributed by atoms with Gasteiger partial charge in [-0.1, -0.05) is 12.1 Å². The Morgan fingerprint density at radius 2 is 2.00 bits per heavy atom. The zero-order chi connectivity index (χ0) is 16.4. The lowest BCUT2D eigenvalue weighted by Crippen LogP contribution is -1.94. The van der Waals surface area contributed by atoms with Crippen molar-refractivity contribution in [2.24, 2.45) is 0 Å². The number of ether oxygens (including phenoxy) is 1. The topological polar surface area (TPSA) is 82.3 Å². The number of nitrogens with zero attached hydrogens (tertiary/aromatic N) is 2. The largest absolute Gasteiger partial charge is 0.457 e. The predicted molar refractivity (Wildman–Crippen MR) is 84.9 cm³/mol. The molecule has 2 aromatic carbocycles. The van der Waals surface area contributed by atoms with Gasteiger partial charge in [-0.2, -0.15) is 0 Å². The maximum absolute atomic E-state index is 11.4. The second-order valence-corrected chi connectivity index (χ2v) is 4.95. The van der Waals surface area contributed by atoms with E-state index in [0.29, 0.717) is 27.8 Å². The van der Waals surface area contributed by atoms with E-state index in [0.717, 1.165) is 0 Å². The third kappa shape index (κ3) is 2.87. The zero-order valence-electron chi connectivity index (χ0n) is 12.2. The molecule has 0 saturated carbocycles. The Kier molecular flexibility index (Phi) is 3.72. The summed E-state index contributed by atoms with van der Waals surface area (Å²) in [6, 6.07) is 11.4. The summed E-state index contributed by atoms with van der Waals surface area (Å²) in [7, 11) is 0. The Hall–Kier alpha value is -3.28. The van der Waals surface area contributed by atoms with E-state index in [2.05, 4.69) is 4.98 Å². The molecule has 6 nitrogen and oxygen atoms in total. The standard InChI is InChI=1S/C17H12N2O4/c1-11(20)12-3-2-4-13(9-12)23-17-6-5-16(19(21)22)15-10-18-8-7-14(15)17/h2-10H,1H3. The summed E-state index contributed by atoms with van der Waals surface area (Å²) < 4.78 is 5.81. The first-order chi connectivity index (χ1) is 11.1. The van der Waals surface area contributed by atoms with Gasteiger partial charge in [0.25, 0.3) is 5.69 Å². The molecule has 1 aromatic heterocycles. The number of non-ortho nitro benzene ring substituents is 1. The van der Waals surface area contributed by atoms with E-state index in [4.69, 9.17) is 4.74 Å². The van der Waals surface area contributed by atoms with Gasteiger partial charge in [0.05, 0.1) is 10.3 Å². The van der Waals surface area contributed by atoms with Crippen LogP contribution in [0.5, 0.6) is 11.5 Å². The highest BCUT2D eigenvalue weighted by molar-refractivity contribution is 5.95. The van der Waals surface area contributed by atoms with Crippen LogP contribution in [0.25, 0.3) is 10.8 Å². The fourth-order valence-electron chi connectivity index (χ4n) is 2.30. The summed E-state index contributed by atoms with van der Waals surface area (Å²) in [6.07, 6.45) is 2.98. The van der Waals surface area contributed by atoms with Crippen LogP contribution >= 0.6 is 0 Å². The Morgan fingerprint density at radius 1 is 1.17 bits per heavy atom. The van der Waals surface area contributed by atoms with Crippen LogP contribution in [0.4, 0.5) is 5.69 Å². The van der Waals surface area contributed by atoms with Crippen LogP contribution in [-0.4, -0.2) is 15.7 Å². The Balaban J connectivity index is 2.08. The molecule has 0 aliphatic carbocycles. The normalized spacial score (nSPS) is 10.5. The van der Waals surface area contributed by atoms with Gasteiger partial charge in [-0.05, 0) is 31.2 Å². The van der Waals surface area contributed by atoms with E-state index in [1.54, 1.807) is 42.6 Å². The first-order valence-corrected chi connectivity index (χ1v) is 6.86. The number of Topliss-reactive ketones (excluding diaryl/α,β-unsaturated/α-hetero) is 1. The highest BCUT2D eigenvalue weighted by atomic mass is 16.6. The smallest absolute Gasteiger partial charge is 0.279 e.